The van der Waals surface area contributed by atoms with Gasteiger partial charge in [0.25, 0.3) is 11.8 Å². The van der Waals surface area contributed by atoms with E-state index in [-0.39, 0.29) is 41.2 Å². The van der Waals surface area contributed by atoms with Crippen LogP contribution in [0, 0.1) is 13.8 Å². The fourth-order valence-corrected chi connectivity index (χ4v) is 6.07. The van der Waals surface area contributed by atoms with Gasteiger partial charge in [0.15, 0.2) is 0 Å². The SMILES string of the molecule is CCS(=O)(=O)Nc1cc(C(=O)NC(C)c2ccccc2C)cc(C(=O)N[C@@H](Cc2ccccc2)[C@H](O)CN[C@H](C)c2ccc(C)cc2)c1. The van der Waals surface area contributed by atoms with Gasteiger partial charge in [0.2, 0.25) is 10.0 Å². The van der Waals surface area contributed by atoms with E-state index in [1.165, 1.54) is 25.1 Å². The van der Waals surface area contributed by atoms with Gasteiger partial charge in [0, 0.05) is 23.7 Å². The van der Waals surface area contributed by atoms with Gasteiger partial charge in [-0.15, -0.1) is 0 Å². The number of anilines is 1. The molecule has 0 aliphatic carbocycles. The zero-order valence-corrected chi connectivity index (χ0v) is 29.0. The van der Waals surface area contributed by atoms with Crippen molar-refractivity contribution in [1.82, 2.24) is 16.0 Å². The fraction of sp³-hybridized carbons (Fsp3) is 0.316. The predicted molar refractivity (Wildman–Crippen MR) is 192 cm³/mol. The molecule has 4 atom stereocenters. The van der Waals surface area contributed by atoms with Crippen LogP contribution in [0.3, 0.4) is 0 Å². The maximum absolute atomic E-state index is 13.8. The van der Waals surface area contributed by atoms with Crippen molar-refractivity contribution < 1.29 is 23.1 Å². The number of hydrogen-bond donors (Lipinski definition) is 5. The molecule has 0 aliphatic heterocycles. The van der Waals surface area contributed by atoms with Gasteiger partial charge in [-0.3, -0.25) is 14.3 Å². The van der Waals surface area contributed by atoms with Crippen molar-refractivity contribution in [1.29, 1.82) is 0 Å². The lowest BCUT2D eigenvalue weighted by atomic mass is 9.99. The zero-order valence-electron chi connectivity index (χ0n) is 28.2. The molecule has 0 bridgehead atoms. The van der Waals surface area contributed by atoms with E-state index in [2.05, 4.69) is 20.7 Å². The van der Waals surface area contributed by atoms with Gasteiger partial charge in [0.1, 0.15) is 0 Å². The molecule has 0 spiro atoms. The molecule has 9 nitrogen and oxygen atoms in total. The number of carbonyl (C=O) groups is 2. The van der Waals surface area contributed by atoms with Crippen LogP contribution in [0.25, 0.3) is 0 Å². The molecule has 0 aromatic heterocycles. The van der Waals surface area contributed by atoms with Crippen LogP contribution in [0.4, 0.5) is 5.69 Å². The van der Waals surface area contributed by atoms with Crippen LogP contribution in [0.5, 0.6) is 0 Å². The Morgan fingerprint density at radius 2 is 1.38 bits per heavy atom. The smallest absolute Gasteiger partial charge is 0.251 e. The summed E-state index contributed by atoms with van der Waals surface area (Å²) in [6, 6.07) is 28.5. The largest absolute Gasteiger partial charge is 0.390 e. The molecule has 0 saturated heterocycles. The highest BCUT2D eigenvalue weighted by molar-refractivity contribution is 7.92. The van der Waals surface area contributed by atoms with Gasteiger partial charge < -0.3 is 21.1 Å². The van der Waals surface area contributed by atoms with E-state index in [1.54, 1.807) is 0 Å². The summed E-state index contributed by atoms with van der Waals surface area (Å²) in [7, 11) is -3.71. The topological polar surface area (TPSA) is 137 Å². The monoisotopic (exact) mass is 670 g/mol. The summed E-state index contributed by atoms with van der Waals surface area (Å²) in [6.07, 6.45) is -0.626. The van der Waals surface area contributed by atoms with Crippen LogP contribution in [-0.2, 0) is 16.4 Å². The molecule has 4 aromatic carbocycles. The molecule has 1 unspecified atom stereocenters. The molecule has 0 saturated carbocycles. The minimum atomic E-state index is -3.71. The number of amides is 2. The normalized spacial score (nSPS) is 14.0. The van der Waals surface area contributed by atoms with Gasteiger partial charge in [0.05, 0.1) is 29.6 Å². The second-order valence-electron chi connectivity index (χ2n) is 12.2. The number of carbonyl (C=O) groups excluding carboxylic acids is 2. The van der Waals surface area contributed by atoms with Crippen molar-refractivity contribution in [3.63, 3.8) is 0 Å². The third-order valence-corrected chi connectivity index (χ3v) is 9.71. The number of nitrogens with one attached hydrogen (secondary N) is 4. The Morgan fingerprint density at radius 3 is 2.00 bits per heavy atom. The average Bonchev–Trinajstić information content (AvgIpc) is 3.07. The van der Waals surface area contributed by atoms with Crippen LogP contribution in [0.15, 0.2) is 97.1 Å². The van der Waals surface area contributed by atoms with Crippen LogP contribution in [-0.4, -0.2) is 49.8 Å². The minimum Gasteiger partial charge on any atom is -0.390 e. The van der Waals surface area contributed by atoms with Crippen LogP contribution >= 0.6 is 0 Å². The summed E-state index contributed by atoms with van der Waals surface area (Å²) in [5.74, 6) is -1.21. The third-order valence-electron chi connectivity index (χ3n) is 8.40. The molecule has 0 radical (unpaired) electrons. The maximum Gasteiger partial charge on any atom is 0.251 e. The molecule has 2 amide bonds. The lowest BCUT2D eigenvalue weighted by Gasteiger charge is -2.26. The summed E-state index contributed by atoms with van der Waals surface area (Å²) in [5.41, 5.74) is 5.39. The number of hydrogen-bond acceptors (Lipinski definition) is 6. The van der Waals surface area contributed by atoms with E-state index >= 15 is 0 Å². The predicted octanol–water partition coefficient (Wildman–Crippen LogP) is 5.61. The summed E-state index contributed by atoms with van der Waals surface area (Å²) in [6.45, 7) is 9.56. The van der Waals surface area contributed by atoms with Gasteiger partial charge in [-0.05, 0) is 81.5 Å². The molecule has 10 heteroatoms. The highest BCUT2D eigenvalue weighted by Gasteiger charge is 2.25. The van der Waals surface area contributed by atoms with Gasteiger partial charge in [-0.25, -0.2) is 8.42 Å². The number of rotatable bonds is 15. The van der Waals surface area contributed by atoms with Crippen molar-refractivity contribution in [2.75, 3.05) is 17.0 Å². The van der Waals surface area contributed by atoms with Crippen molar-refractivity contribution >= 4 is 27.5 Å². The van der Waals surface area contributed by atoms with Crippen molar-refractivity contribution in [2.45, 2.75) is 65.3 Å². The highest BCUT2D eigenvalue weighted by atomic mass is 32.2. The first-order valence-corrected chi connectivity index (χ1v) is 17.8. The second kappa shape index (κ2) is 16.5. The number of aliphatic hydroxyl groups excluding tert-OH is 1. The van der Waals surface area contributed by atoms with Crippen molar-refractivity contribution in [3.05, 3.63) is 136 Å². The highest BCUT2D eigenvalue weighted by Crippen LogP contribution is 2.21. The molecular weight excluding hydrogens is 625 g/mol. The Morgan fingerprint density at radius 1 is 0.771 bits per heavy atom. The van der Waals surface area contributed by atoms with E-state index in [0.717, 1.165) is 27.8 Å². The molecule has 0 aliphatic rings. The Kier molecular flexibility index (Phi) is 12.5. The first kappa shape index (κ1) is 36.3. The molecule has 0 heterocycles. The number of aliphatic hydroxyl groups is 1. The Bertz CT molecular complexity index is 1800. The summed E-state index contributed by atoms with van der Waals surface area (Å²) < 4.78 is 27.5. The van der Waals surface area contributed by atoms with E-state index in [0.29, 0.717) is 6.42 Å². The van der Waals surface area contributed by atoms with E-state index < -0.39 is 34.0 Å². The van der Waals surface area contributed by atoms with Crippen LogP contribution < -0.4 is 20.7 Å². The Balaban J connectivity index is 1.59. The Labute approximate surface area is 284 Å². The van der Waals surface area contributed by atoms with Crippen LogP contribution in [0.1, 0.15) is 81.4 Å². The molecule has 0 fully saturated rings. The van der Waals surface area contributed by atoms with Gasteiger partial charge in [-0.2, -0.15) is 0 Å². The van der Waals surface area contributed by atoms with Crippen LogP contribution in [0.2, 0.25) is 0 Å². The number of sulfonamides is 1. The molecular formula is C38H46N4O5S. The molecule has 48 heavy (non-hydrogen) atoms. The standard InChI is InChI=1S/C38H46N4O5S/c1-6-48(46,47)42-33-22-31(37(44)40-28(5)34-15-11-10-12-26(34)3)21-32(23-33)38(45)41-35(20-29-13-8-7-9-14-29)36(43)24-39-27(4)30-18-16-25(2)17-19-30/h7-19,21-23,27-28,35-36,39,42-43H,6,20,24H2,1-5H3,(H,40,44)(H,41,45)/t27-,28?,35+,36-/m1/s1. The quantitative estimate of drug-likeness (QED) is 0.112. The van der Waals surface area contributed by atoms with Gasteiger partial charge in [-0.1, -0.05) is 84.4 Å². The molecule has 254 valence electrons. The summed E-state index contributed by atoms with van der Waals surface area (Å²) in [4.78, 5) is 27.3. The van der Waals surface area contributed by atoms with E-state index in [4.69, 9.17) is 0 Å². The lowest BCUT2D eigenvalue weighted by molar-refractivity contribution is 0.0825. The molecule has 4 rings (SSSR count). The molecule has 4 aromatic rings. The summed E-state index contributed by atoms with van der Waals surface area (Å²) >= 11 is 0. The first-order chi connectivity index (χ1) is 22.8. The number of aryl methyl sites for hydroxylation is 2. The summed E-state index contributed by atoms with van der Waals surface area (Å²) in [5, 5.41) is 20.7. The van der Waals surface area contributed by atoms with Gasteiger partial charge >= 0.3 is 0 Å². The van der Waals surface area contributed by atoms with E-state index in [9.17, 15) is 23.1 Å². The zero-order chi connectivity index (χ0) is 34.8. The first-order valence-electron chi connectivity index (χ1n) is 16.2. The average molecular weight is 671 g/mol. The van der Waals surface area contributed by atoms with E-state index in [1.807, 2.05) is 107 Å². The third kappa shape index (κ3) is 10.2. The minimum absolute atomic E-state index is 0.0419. The van der Waals surface area contributed by atoms with Crippen molar-refractivity contribution in [3.8, 4) is 0 Å². The van der Waals surface area contributed by atoms with Crippen molar-refractivity contribution in [2.24, 2.45) is 0 Å². The Hall–Kier alpha value is -4.51. The fourth-order valence-electron chi connectivity index (χ4n) is 5.45. The lowest BCUT2D eigenvalue weighted by Crippen LogP contribution is -2.49. The maximum atomic E-state index is 13.8. The number of benzene rings is 4. The second-order valence-corrected chi connectivity index (χ2v) is 14.2. The molecule has 5 N–H and O–H groups in total.